The summed E-state index contributed by atoms with van der Waals surface area (Å²) in [5.41, 5.74) is 2.35. The molecule has 0 aromatic rings. The normalized spacial score (nSPS) is 43.4. The molecular weight excluding hydrogens is 523 g/mol. The van der Waals surface area contributed by atoms with Crippen molar-refractivity contribution >= 4 is 23.4 Å². The molecular formula is C29H48ClFN4O4. The molecule has 0 aromatic carbocycles. The van der Waals surface area contributed by atoms with E-state index in [1.165, 1.54) is 32.1 Å². The second-order valence-electron chi connectivity index (χ2n) is 13.2. The highest BCUT2D eigenvalue weighted by Gasteiger charge is 2.56. The van der Waals surface area contributed by atoms with E-state index in [2.05, 4.69) is 35.0 Å². The number of rotatable bonds is 8. The Morgan fingerprint density at radius 2 is 1.82 bits per heavy atom. The first-order chi connectivity index (χ1) is 18.7. The Kier molecular flexibility index (Phi) is 9.14. The second kappa shape index (κ2) is 12.1. The van der Waals surface area contributed by atoms with E-state index in [1.54, 1.807) is 0 Å². The van der Waals surface area contributed by atoms with Crippen LogP contribution in [0.25, 0.3) is 0 Å². The first-order valence-corrected chi connectivity index (χ1v) is 15.8. The van der Waals surface area contributed by atoms with Gasteiger partial charge in [0, 0.05) is 31.0 Å². The van der Waals surface area contributed by atoms with E-state index >= 15 is 0 Å². The maximum atomic E-state index is 13.9. The molecule has 4 N–H and O–H groups in total. The van der Waals surface area contributed by atoms with Crippen molar-refractivity contribution in [2.75, 3.05) is 13.7 Å². The van der Waals surface area contributed by atoms with E-state index in [0.717, 1.165) is 6.42 Å². The molecule has 2 amide bonds. The maximum Gasteiger partial charge on any atom is 0.246 e. The van der Waals surface area contributed by atoms with E-state index < -0.39 is 28.7 Å². The predicted molar refractivity (Wildman–Crippen MR) is 148 cm³/mol. The summed E-state index contributed by atoms with van der Waals surface area (Å²) in [7, 11) is 2.08. The maximum absolute atomic E-state index is 13.9. The standard InChI is InChI=1S/C29H48ClFN4O4/c1-3-20-25(34-35(2)26(20)18-7-5-4-6-8-18)27(38)33-28-11-13-29(14-12-28,23(36)16-28)32-24(37)17-39-19-9-10-21(30)22(31)15-19/h18-23,25-26,34,36H,3-17H2,1-2H3,(H,32,37)(H,33,38)/t19?,20?,21?,22?,23-,25?,26?,28?,29?/m0/s1. The van der Waals surface area contributed by atoms with Crippen LogP contribution in [0.3, 0.4) is 0 Å². The third kappa shape index (κ3) is 6.13. The zero-order valence-corrected chi connectivity index (χ0v) is 24.4. The molecule has 8 nitrogen and oxygen atoms in total. The Labute approximate surface area is 237 Å². The van der Waals surface area contributed by atoms with Crippen molar-refractivity contribution in [3.05, 3.63) is 0 Å². The third-order valence-corrected chi connectivity index (χ3v) is 11.2. The minimum atomic E-state index is -1.11. The predicted octanol–water partition coefficient (Wildman–Crippen LogP) is 3.34. The van der Waals surface area contributed by atoms with Crippen LogP contribution in [-0.2, 0) is 14.3 Å². The van der Waals surface area contributed by atoms with Gasteiger partial charge in [0.15, 0.2) is 0 Å². The molecule has 39 heavy (non-hydrogen) atoms. The fraction of sp³-hybridized carbons (Fsp3) is 0.931. The summed E-state index contributed by atoms with van der Waals surface area (Å²) < 4.78 is 19.6. The first-order valence-electron chi connectivity index (χ1n) is 15.4. The van der Waals surface area contributed by atoms with E-state index in [9.17, 15) is 19.1 Å². The number of hydrazine groups is 1. The number of carbonyl (C=O) groups is 2. The second-order valence-corrected chi connectivity index (χ2v) is 13.7. The average Bonchev–Trinajstić information content (AvgIpc) is 3.27. The van der Waals surface area contributed by atoms with Gasteiger partial charge < -0.3 is 20.5 Å². The van der Waals surface area contributed by atoms with Gasteiger partial charge in [0.05, 0.1) is 23.1 Å². The van der Waals surface area contributed by atoms with Gasteiger partial charge in [0.25, 0.3) is 0 Å². The number of carbonyl (C=O) groups excluding carboxylic acids is 2. The van der Waals surface area contributed by atoms with E-state index in [4.69, 9.17) is 16.3 Å². The van der Waals surface area contributed by atoms with Crippen LogP contribution < -0.4 is 16.1 Å². The number of hydrogen-bond acceptors (Lipinski definition) is 6. The van der Waals surface area contributed by atoms with Crippen molar-refractivity contribution in [2.24, 2.45) is 11.8 Å². The van der Waals surface area contributed by atoms with Gasteiger partial charge in [0.1, 0.15) is 18.8 Å². The zero-order valence-electron chi connectivity index (χ0n) is 23.6. The quantitative estimate of drug-likeness (QED) is 0.334. The minimum Gasteiger partial charge on any atom is -0.391 e. The molecule has 1 saturated heterocycles. The summed E-state index contributed by atoms with van der Waals surface area (Å²) in [5, 5.41) is 19.3. The van der Waals surface area contributed by atoms with Gasteiger partial charge in [-0.1, -0.05) is 26.2 Å². The van der Waals surface area contributed by atoms with Crippen molar-refractivity contribution in [1.29, 1.82) is 0 Å². The van der Waals surface area contributed by atoms with Gasteiger partial charge in [-0.15, -0.1) is 11.6 Å². The molecule has 10 heteroatoms. The van der Waals surface area contributed by atoms with Gasteiger partial charge in [-0.2, -0.15) is 0 Å². The van der Waals surface area contributed by atoms with Gasteiger partial charge in [-0.05, 0) is 70.1 Å². The Bertz CT molecular complexity index is 881. The number of nitrogens with one attached hydrogen (secondary N) is 3. The Hall–Kier alpha value is -1.00. The Morgan fingerprint density at radius 3 is 2.46 bits per heavy atom. The van der Waals surface area contributed by atoms with Crippen molar-refractivity contribution in [1.82, 2.24) is 21.1 Å². The summed E-state index contributed by atoms with van der Waals surface area (Å²) in [5.74, 6) is 0.639. The lowest BCUT2D eigenvalue weighted by Gasteiger charge is -2.56. The largest absolute Gasteiger partial charge is 0.391 e. The van der Waals surface area contributed by atoms with Gasteiger partial charge in [0.2, 0.25) is 11.8 Å². The van der Waals surface area contributed by atoms with E-state index in [-0.39, 0.29) is 42.9 Å². The molecule has 1 aliphatic heterocycles. The number of aliphatic hydroxyl groups is 1. The summed E-state index contributed by atoms with van der Waals surface area (Å²) in [6.45, 7) is 2.03. The van der Waals surface area contributed by atoms with Gasteiger partial charge in [-0.3, -0.25) is 9.59 Å². The van der Waals surface area contributed by atoms with E-state index in [0.29, 0.717) is 56.9 Å². The molecule has 5 saturated carbocycles. The monoisotopic (exact) mass is 570 g/mol. The average molecular weight is 571 g/mol. The molecule has 6 fully saturated rings. The van der Waals surface area contributed by atoms with E-state index in [1.807, 2.05) is 0 Å². The highest BCUT2D eigenvalue weighted by atomic mass is 35.5. The molecule has 6 unspecified atom stereocenters. The lowest BCUT2D eigenvalue weighted by Crippen LogP contribution is -2.71. The summed E-state index contributed by atoms with van der Waals surface area (Å²) in [4.78, 5) is 26.4. The lowest BCUT2D eigenvalue weighted by molar-refractivity contribution is -0.140. The molecule has 222 valence electrons. The van der Waals surface area contributed by atoms with Crippen molar-refractivity contribution in [3.8, 4) is 0 Å². The summed E-state index contributed by atoms with van der Waals surface area (Å²) >= 11 is 5.95. The number of alkyl halides is 2. The SMILES string of the molecule is CCC1C(C(=O)NC23CCC(NC(=O)COC4CCC(Cl)C(F)C4)(CC2)[C@@H](O)C3)NN(C)C1C1CCCCC1. The first kappa shape index (κ1) is 29.5. The summed E-state index contributed by atoms with van der Waals surface area (Å²) in [6, 6.07) is 0.111. The van der Waals surface area contributed by atoms with Crippen LogP contribution in [0, 0.1) is 11.8 Å². The molecule has 2 bridgehead atoms. The van der Waals surface area contributed by atoms with Crippen LogP contribution in [0.15, 0.2) is 0 Å². The molecule has 0 radical (unpaired) electrons. The number of ether oxygens (including phenoxy) is 1. The summed E-state index contributed by atoms with van der Waals surface area (Å²) in [6.07, 6.45) is 9.58. The van der Waals surface area contributed by atoms with Crippen LogP contribution in [0.2, 0.25) is 0 Å². The molecule has 7 atom stereocenters. The van der Waals surface area contributed by atoms with Crippen LogP contribution in [0.4, 0.5) is 4.39 Å². The number of hydrogen-bond donors (Lipinski definition) is 4. The smallest absolute Gasteiger partial charge is 0.246 e. The van der Waals surface area contributed by atoms with Crippen molar-refractivity contribution < 1.29 is 23.8 Å². The van der Waals surface area contributed by atoms with Crippen molar-refractivity contribution in [2.45, 2.75) is 144 Å². The van der Waals surface area contributed by atoms with Crippen molar-refractivity contribution in [3.63, 3.8) is 0 Å². The number of nitrogens with zero attached hydrogens (tertiary/aromatic N) is 1. The number of amides is 2. The van der Waals surface area contributed by atoms with Crippen LogP contribution in [0.5, 0.6) is 0 Å². The Morgan fingerprint density at radius 1 is 1.10 bits per heavy atom. The molecule has 6 rings (SSSR count). The molecule has 1 heterocycles. The zero-order chi connectivity index (χ0) is 27.8. The molecule has 5 aliphatic carbocycles. The van der Waals surface area contributed by atoms with Gasteiger partial charge in [-0.25, -0.2) is 14.8 Å². The van der Waals surface area contributed by atoms with Crippen LogP contribution in [-0.4, -0.2) is 82.5 Å². The highest BCUT2D eigenvalue weighted by Crippen LogP contribution is 2.47. The lowest BCUT2D eigenvalue weighted by atomic mass is 9.59. The van der Waals surface area contributed by atoms with Crippen LogP contribution >= 0.6 is 11.6 Å². The van der Waals surface area contributed by atoms with Crippen LogP contribution in [0.1, 0.15) is 96.8 Å². The molecule has 0 spiro atoms. The molecule has 6 aliphatic rings. The van der Waals surface area contributed by atoms with Gasteiger partial charge >= 0.3 is 0 Å². The fourth-order valence-corrected chi connectivity index (χ4v) is 8.69. The number of fused-ring (bicyclic) bond motifs is 3. The highest BCUT2D eigenvalue weighted by molar-refractivity contribution is 6.21. The Balaban J connectivity index is 1.14. The third-order valence-electron chi connectivity index (χ3n) is 10.7. The molecule has 0 aromatic heterocycles. The fourth-order valence-electron chi connectivity index (χ4n) is 8.46. The number of halogens is 2. The minimum absolute atomic E-state index is 0.0314. The topological polar surface area (TPSA) is 103 Å². The number of aliphatic hydroxyl groups excluding tert-OH is 1.